The van der Waals surface area contributed by atoms with Crippen molar-refractivity contribution in [2.24, 2.45) is 0 Å². The van der Waals surface area contributed by atoms with Crippen LogP contribution in [0, 0.1) is 0 Å². The molecule has 8 heteroatoms. The van der Waals surface area contributed by atoms with Gasteiger partial charge in [-0.15, -0.1) is 0 Å². The summed E-state index contributed by atoms with van der Waals surface area (Å²) in [6.07, 6.45) is 3.29. The Balaban J connectivity index is 2.05. The number of aromatic nitrogens is 3. The van der Waals surface area contributed by atoms with Crippen LogP contribution in [-0.2, 0) is 0 Å². The van der Waals surface area contributed by atoms with Gasteiger partial charge in [-0.2, -0.15) is 0 Å². The average Bonchev–Trinajstić information content (AvgIpc) is 2.77. The second kappa shape index (κ2) is 8.20. The highest BCUT2D eigenvalue weighted by Gasteiger charge is 2.19. The molecule has 0 aliphatic heterocycles. The lowest BCUT2D eigenvalue weighted by Crippen LogP contribution is -2.12. The molecule has 2 aromatic heterocycles. The number of anilines is 1. The number of hydrogen-bond acceptors (Lipinski definition) is 6. The molecule has 2 heterocycles. The molecule has 0 atom stereocenters. The van der Waals surface area contributed by atoms with Crippen LogP contribution in [0.3, 0.4) is 0 Å². The summed E-state index contributed by atoms with van der Waals surface area (Å²) in [6.45, 7) is 0. The highest BCUT2D eigenvalue weighted by atomic mass is 35.5. The van der Waals surface area contributed by atoms with Gasteiger partial charge in [0.15, 0.2) is 5.75 Å². The Kier molecular flexibility index (Phi) is 5.44. The van der Waals surface area contributed by atoms with Gasteiger partial charge in [-0.1, -0.05) is 29.8 Å². The predicted octanol–water partition coefficient (Wildman–Crippen LogP) is 4.79. The molecule has 0 spiro atoms. The van der Waals surface area contributed by atoms with E-state index in [0.29, 0.717) is 27.8 Å². The summed E-state index contributed by atoms with van der Waals surface area (Å²) in [4.78, 5) is 26.3. The predicted molar refractivity (Wildman–Crippen MR) is 121 cm³/mol. The number of hydrogen-bond donors (Lipinski definition) is 1. The van der Waals surface area contributed by atoms with Crippen LogP contribution >= 0.6 is 11.6 Å². The molecular formula is C23H19ClN4O3. The lowest BCUT2D eigenvalue weighted by Gasteiger charge is -2.17. The monoisotopic (exact) mass is 434 g/mol. The van der Waals surface area contributed by atoms with E-state index < -0.39 is 5.97 Å². The van der Waals surface area contributed by atoms with Crippen LogP contribution in [0.2, 0.25) is 5.02 Å². The number of pyridine rings is 1. The smallest absolute Gasteiger partial charge is 0.354 e. The lowest BCUT2D eigenvalue weighted by atomic mass is 9.95. The molecule has 1 N–H and O–H groups in total. The van der Waals surface area contributed by atoms with Crippen LogP contribution in [-0.4, -0.2) is 47.2 Å². The Labute approximate surface area is 183 Å². The summed E-state index contributed by atoms with van der Waals surface area (Å²) in [5, 5.41) is 10.6. The van der Waals surface area contributed by atoms with Gasteiger partial charge in [-0.25, -0.2) is 19.7 Å². The number of carboxylic acids is 1. The zero-order valence-electron chi connectivity index (χ0n) is 17.1. The minimum Gasteiger partial charge on any atom is -0.494 e. The molecule has 0 unspecified atom stereocenters. The van der Waals surface area contributed by atoms with Gasteiger partial charge in [-0.05, 0) is 35.4 Å². The highest BCUT2D eigenvalue weighted by molar-refractivity contribution is 6.31. The lowest BCUT2D eigenvalue weighted by molar-refractivity contribution is 0.0690. The molecule has 7 nitrogen and oxygen atoms in total. The molecule has 0 fully saturated rings. The summed E-state index contributed by atoms with van der Waals surface area (Å²) < 4.78 is 5.76. The van der Waals surface area contributed by atoms with Crippen LogP contribution in [0.1, 0.15) is 10.5 Å². The molecule has 0 saturated carbocycles. The summed E-state index contributed by atoms with van der Waals surface area (Å²) in [6, 6.07) is 12.7. The number of benzene rings is 2. The third-order valence-electron chi connectivity index (χ3n) is 4.85. The molecule has 2 aromatic carbocycles. The zero-order valence-corrected chi connectivity index (χ0v) is 17.9. The maximum Gasteiger partial charge on any atom is 0.354 e. The van der Waals surface area contributed by atoms with E-state index in [0.717, 1.165) is 22.1 Å². The van der Waals surface area contributed by atoms with Gasteiger partial charge >= 0.3 is 5.97 Å². The highest BCUT2D eigenvalue weighted by Crippen LogP contribution is 2.42. The van der Waals surface area contributed by atoms with Crippen molar-refractivity contribution < 1.29 is 14.6 Å². The molecule has 156 valence electrons. The van der Waals surface area contributed by atoms with Crippen molar-refractivity contribution in [1.29, 1.82) is 0 Å². The fraction of sp³-hybridized carbons (Fsp3) is 0.130. The molecule has 0 aliphatic rings. The van der Waals surface area contributed by atoms with Crippen molar-refractivity contribution in [3.05, 3.63) is 65.6 Å². The van der Waals surface area contributed by atoms with Crippen molar-refractivity contribution in [2.45, 2.75) is 0 Å². The number of methoxy groups -OCH3 is 1. The van der Waals surface area contributed by atoms with Gasteiger partial charge < -0.3 is 14.7 Å². The first-order valence-electron chi connectivity index (χ1n) is 9.39. The fourth-order valence-corrected chi connectivity index (χ4v) is 3.56. The maximum atomic E-state index is 11.2. The van der Waals surface area contributed by atoms with E-state index in [1.54, 1.807) is 19.4 Å². The van der Waals surface area contributed by atoms with Crippen molar-refractivity contribution >= 4 is 34.4 Å². The zero-order chi connectivity index (χ0) is 22.1. The summed E-state index contributed by atoms with van der Waals surface area (Å²) in [5.74, 6) is 0.00973. The molecule has 0 bridgehead atoms. The summed E-state index contributed by atoms with van der Waals surface area (Å²) >= 11 is 6.25. The SMILES string of the molecule is COc1c(-c2ccc(C(=O)O)nc2)cc(-c2cccc(Cl)c2)c2cnc(N(C)C)nc12. The molecule has 0 aliphatic carbocycles. The van der Waals surface area contributed by atoms with Crippen molar-refractivity contribution in [3.8, 4) is 28.0 Å². The largest absolute Gasteiger partial charge is 0.494 e. The molecule has 4 rings (SSSR count). The van der Waals surface area contributed by atoms with E-state index in [2.05, 4.69) is 9.97 Å². The number of ether oxygens (including phenoxy) is 1. The van der Waals surface area contributed by atoms with Crippen LogP contribution in [0.15, 0.2) is 54.9 Å². The second-order valence-electron chi connectivity index (χ2n) is 7.08. The van der Waals surface area contributed by atoms with E-state index in [4.69, 9.17) is 26.4 Å². The van der Waals surface area contributed by atoms with Gasteiger partial charge in [0.2, 0.25) is 5.95 Å². The van der Waals surface area contributed by atoms with Gasteiger partial charge in [0.05, 0.1) is 7.11 Å². The van der Waals surface area contributed by atoms with E-state index in [1.807, 2.05) is 49.3 Å². The van der Waals surface area contributed by atoms with Crippen LogP contribution in [0.25, 0.3) is 33.2 Å². The maximum absolute atomic E-state index is 11.2. The Hall–Kier alpha value is -3.71. The van der Waals surface area contributed by atoms with Gasteiger partial charge in [0.25, 0.3) is 0 Å². The first-order chi connectivity index (χ1) is 14.9. The number of carboxylic acid groups (broad SMARTS) is 1. The molecule has 0 radical (unpaired) electrons. The molecule has 0 saturated heterocycles. The first-order valence-corrected chi connectivity index (χ1v) is 9.77. The normalized spacial score (nSPS) is 10.8. The number of aromatic carboxylic acids is 1. The number of halogens is 1. The molecular weight excluding hydrogens is 416 g/mol. The molecule has 31 heavy (non-hydrogen) atoms. The Morgan fingerprint density at radius 2 is 1.84 bits per heavy atom. The van der Waals surface area contributed by atoms with E-state index in [1.165, 1.54) is 12.3 Å². The third kappa shape index (κ3) is 3.87. The second-order valence-corrected chi connectivity index (χ2v) is 7.52. The minimum absolute atomic E-state index is 0.0317. The topological polar surface area (TPSA) is 88.4 Å². The fourth-order valence-electron chi connectivity index (χ4n) is 3.37. The van der Waals surface area contributed by atoms with Gasteiger partial charge in [0.1, 0.15) is 11.2 Å². The van der Waals surface area contributed by atoms with E-state index >= 15 is 0 Å². The minimum atomic E-state index is -1.08. The standard InChI is InChI=1S/C23H19ClN4O3/c1-28(2)23-26-12-18-16(13-5-4-6-15(24)9-13)10-17(21(31-3)20(18)27-23)14-7-8-19(22(29)30)25-11-14/h4-12H,1-3H3,(H,29,30). The molecule has 4 aromatic rings. The Morgan fingerprint density at radius 1 is 1.03 bits per heavy atom. The van der Waals surface area contributed by atoms with Gasteiger partial charge in [-0.3, -0.25) is 0 Å². The quantitative estimate of drug-likeness (QED) is 0.483. The number of fused-ring (bicyclic) bond motifs is 1. The average molecular weight is 435 g/mol. The Morgan fingerprint density at radius 3 is 2.45 bits per heavy atom. The van der Waals surface area contributed by atoms with Crippen LogP contribution in [0.4, 0.5) is 5.95 Å². The first kappa shape index (κ1) is 20.6. The van der Waals surface area contributed by atoms with Crippen molar-refractivity contribution in [3.63, 3.8) is 0 Å². The van der Waals surface area contributed by atoms with Crippen molar-refractivity contribution in [2.75, 3.05) is 26.1 Å². The van der Waals surface area contributed by atoms with Crippen molar-refractivity contribution in [1.82, 2.24) is 15.0 Å². The Bertz CT molecular complexity index is 1290. The molecule has 0 amide bonds. The number of carbonyl (C=O) groups is 1. The summed E-state index contributed by atoms with van der Waals surface area (Å²) in [5.41, 5.74) is 3.82. The number of rotatable bonds is 5. The van der Waals surface area contributed by atoms with E-state index in [-0.39, 0.29) is 5.69 Å². The number of nitrogens with zero attached hydrogens (tertiary/aromatic N) is 4. The summed E-state index contributed by atoms with van der Waals surface area (Å²) in [7, 11) is 5.31. The van der Waals surface area contributed by atoms with Crippen LogP contribution < -0.4 is 9.64 Å². The van der Waals surface area contributed by atoms with E-state index in [9.17, 15) is 4.79 Å². The van der Waals surface area contributed by atoms with Crippen LogP contribution in [0.5, 0.6) is 5.75 Å². The third-order valence-corrected chi connectivity index (χ3v) is 5.08. The van der Waals surface area contributed by atoms with Gasteiger partial charge in [0, 0.05) is 48.0 Å².